The second kappa shape index (κ2) is 6.19. The molecule has 0 bridgehead atoms. The van der Waals surface area contributed by atoms with Gasteiger partial charge in [-0.15, -0.1) is 0 Å². The van der Waals surface area contributed by atoms with Crippen LogP contribution in [-0.4, -0.2) is 21.1 Å². The quantitative estimate of drug-likeness (QED) is 0.644. The molecule has 0 unspecified atom stereocenters. The fourth-order valence-electron chi connectivity index (χ4n) is 1.27. The molecule has 0 saturated carbocycles. The van der Waals surface area contributed by atoms with Crippen LogP contribution in [-0.2, 0) is 10.0 Å². The van der Waals surface area contributed by atoms with Gasteiger partial charge in [-0.1, -0.05) is 15.9 Å². The summed E-state index contributed by atoms with van der Waals surface area (Å²) in [6.45, 7) is -0.405. The number of rotatable bonds is 5. The van der Waals surface area contributed by atoms with Crippen molar-refractivity contribution in [2.75, 3.05) is 6.54 Å². The summed E-state index contributed by atoms with van der Waals surface area (Å²) in [4.78, 5) is -0.595. The minimum Gasteiger partial charge on any atom is -0.211 e. The van der Waals surface area contributed by atoms with Gasteiger partial charge in [0.05, 0.1) is 0 Å². The molecule has 9 heteroatoms. The van der Waals surface area contributed by atoms with Crippen LogP contribution < -0.4 is 4.72 Å². The Morgan fingerprint density at radius 2 is 1.89 bits per heavy atom. The van der Waals surface area contributed by atoms with Crippen LogP contribution in [0.1, 0.15) is 12.8 Å². The first-order valence-electron chi connectivity index (χ1n) is 5.13. The smallest absolute Gasteiger partial charge is 0.211 e. The summed E-state index contributed by atoms with van der Waals surface area (Å²) >= 11 is 2.97. The molecule has 1 rings (SSSR count). The number of hydrogen-bond acceptors (Lipinski definition) is 2. The Balaban J connectivity index is 2.66. The maximum atomic E-state index is 13.4. The fraction of sp³-hybridized carbons (Fsp3) is 0.400. The number of benzene rings is 1. The molecule has 0 saturated heterocycles. The molecule has 0 fully saturated rings. The van der Waals surface area contributed by atoms with E-state index < -0.39 is 46.3 Å². The number of halogens is 5. The highest BCUT2D eigenvalue weighted by molar-refractivity contribution is 9.10. The van der Waals surface area contributed by atoms with Gasteiger partial charge in [0.15, 0.2) is 0 Å². The Kier molecular flexibility index (Phi) is 5.34. The predicted molar refractivity (Wildman–Crippen MR) is 64.6 cm³/mol. The van der Waals surface area contributed by atoms with Crippen molar-refractivity contribution in [3.8, 4) is 0 Å². The number of sulfonamides is 1. The van der Waals surface area contributed by atoms with E-state index in [9.17, 15) is 26.0 Å². The van der Waals surface area contributed by atoms with E-state index in [1.807, 2.05) is 4.72 Å². The number of hydrogen-bond donors (Lipinski definition) is 1. The summed E-state index contributed by atoms with van der Waals surface area (Å²) in [7, 11) is -4.14. The van der Waals surface area contributed by atoms with Crippen molar-refractivity contribution in [1.82, 2.24) is 4.72 Å². The van der Waals surface area contributed by atoms with Gasteiger partial charge < -0.3 is 0 Å². The van der Waals surface area contributed by atoms with Crippen molar-refractivity contribution >= 4 is 26.0 Å². The van der Waals surface area contributed by atoms with E-state index in [1.54, 1.807) is 0 Å². The lowest BCUT2D eigenvalue weighted by molar-refractivity contribution is -0.135. The van der Waals surface area contributed by atoms with E-state index >= 15 is 0 Å². The van der Waals surface area contributed by atoms with Gasteiger partial charge in [0.2, 0.25) is 10.0 Å². The number of nitrogens with one attached hydrogen (secondary N) is 1. The summed E-state index contributed by atoms with van der Waals surface area (Å²) in [5.41, 5.74) is 0. The van der Waals surface area contributed by atoms with Gasteiger partial charge in [-0.25, -0.2) is 17.5 Å². The van der Waals surface area contributed by atoms with Gasteiger partial charge in [-0.2, -0.15) is 13.2 Å². The highest BCUT2D eigenvalue weighted by atomic mass is 79.9. The molecule has 1 N–H and O–H groups in total. The Bertz CT molecular complexity index is 545. The summed E-state index contributed by atoms with van der Waals surface area (Å²) in [6, 6.07) is 3.32. The molecule has 1 aromatic carbocycles. The van der Waals surface area contributed by atoms with Crippen LogP contribution in [0.25, 0.3) is 0 Å². The molecule has 0 aliphatic carbocycles. The van der Waals surface area contributed by atoms with Gasteiger partial charge in [0.25, 0.3) is 0 Å². The summed E-state index contributed by atoms with van der Waals surface area (Å²) < 4.78 is 74.6. The highest BCUT2D eigenvalue weighted by Crippen LogP contribution is 2.22. The lowest BCUT2D eigenvalue weighted by atomic mass is 10.3. The topological polar surface area (TPSA) is 46.2 Å². The van der Waals surface area contributed by atoms with Crippen LogP contribution in [0.5, 0.6) is 0 Å². The standard InChI is InChI=1S/C10H10BrF4NO2S/c11-7-2-3-9(8(12)6-7)19(17,18)16-5-1-4-10(13,14)15/h2-3,6,16H,1,4-5H2. The van der Waals surface area contributed by atoms with Crippen molar-refractivity contribution in [2.45, 2.75) is 23.9 Å². The SMILES string of the molecule is O=S(=O)(NCCCC(F)(F)F)c1ccc(Br)cc1F. The monoisotopic (exact) mass is 363 g/mol. The first-order chi connectivity index (χ1) is 8.62. The molecule has 108 valence electrons. The number of alkyl halides is 3. The lowest BCUT2D eigenvalue weighted by Gasteiger charge is -2.09. The van der Waals surface area contributed by atoms with Gasteiger partial charge in [-0.3, -0.25) is 0 Å². The molecule has 0 heterocycles. The van der Waals surface area contributed by atoms with Gasteiger partial charge >= 0.3 is 6.18 Å². The third-order valence-corrected chi connectivity index (χ3v) is 4.10. The molecule has 0 aromatic heterocycles. The summed E-state index contributed by atoms with van der Waals surface area (Å²) in [5.74, 6) is -0.974. The van der Waals surface area contributed by atoms with Crippen molar-refractivity contribution < 1.29 is 26.0 Å². The molecule has 0 atom stereocenters. The maximum absolute atomic E-state index is 13.4. The third-order valence-electron chi connectivity index (χ3n) is 2.11. The molecule has 1 aromatic rings. The van der Waals surface area contributed by atoms with E-state index in [0.29, 0.717) is 4.47 Å². The average Bonchev–Trinajstić information content (AvgIpc) is 2.22. The second-order valence-corrected chi connectivity index (χ2v) is 6.34. The molecule has 0 aliphatic heterocycles. The second-order valence-electron chi connectivity index (χ2n) is 3.69. The van der Waals surface area contributed by atoms with Gasteiger partial charge in [0.1, 0.15) is 10.7 Å². The zero-order valence-corrected chi connectivity index (χ0v) is 11.9. The van der Waals surface area contributed by atoms with Crippen LogP contribution in [0.2, 0.25) is 0 Å². The van der Waals surface area contributed by atoms with E-state index in [1.165, 1.54) is 6.07 Å². The van der Waals surface area contributed by atoms with Crippen LogP contribution in [0.4, 0.5) is 17.6 Å². The Hall–Kier alpha value is -0.670. The van der Waals surface area contributed by atoms with Crippen LogP contribution >= 0.6 is 15.9 Å². The summed E-state index contributed by atoms with van der Waals surface area (Å²) in [5, 5.41) is 0. The van der Waals surface area contributed by atoms with E-state index in [2.05, 4.69) is 15.9 Å². The van der Waals surface area contributed by atoms with Crippen molar-refractivity contribution in [2.24, 2.45) is 0 Å². The molecule has 0 radical (unpaired) electrons. The zero-order chi connectivity index (χ0) is 14.7. The minimum atomic E-state index is -4.34. The van der Waals surface area contributed by atoms with Crippen LogP contribution in [0.3, 0.4) is 0 Å². The van der Waals surface area contributed by atoms with Crippen molar-refractivity contribution in [3.05, 3.63) is 28.5 Å². The average molecular weight is 364 g/mol. The third kappa shape index (κ3) is 5.45. The normalized spacial score (nSPS) is 12.7. The first-order valence-corrected chi connectivity index (χ1v) is 7.41. The minimum absolute atomic E-state index is 0.362. The lowest BCUT2D eigenvalue weighted by Crippen LogP contribution is -2.26. The van der Waals surface area contributed by atoms with Gasteiger partial charge in [-0.05, 0) is 24.6 Å². The Labute approximate surface area is 116 Å². The van der Waals surface area contributed by atoms with Crippen molar-refractivity contribution in [1.29, 1.82) is 0 Å². The Morgan fingerprint density at radius 3 is 2.42 bits per heavy atom. The predicted octanol–water partition coefficient (Wildman–Crippen LogP) is 3.21. The van der Waals surface area contributed by atoms with Crippen molar-refractivity contribution in [3.63, 3.8) is 0 Å². The Morgan fingerprint density at radius 1 is 1.26 bits per heavy atom. The first kappa shape index (κ1) is 16.4. The molecule has 0 aliphatic rings. The van der Waals surface area contributed by atoms with Gasteiger partial charge in [0, 0.05) is 17.4 Å². The molecular weight excluding hydrogens is 354 g/mol. The van der Waals surface area contributed by atoms with E-state index in [-0.39, 0.29) is 0 Å². The summed E-state index contributed by atoms with van der Waals surface area (Å²) in [6.07, 6.45) is -5.84. The van der Waals surface area contributed by atoms with Crippen LogP contribution in [0, 0.1) is 5.82 Å². The molecular formula is C10H10BrF4NO2S. The molecule has 3 nitrogen and oxygen atoms in total. The maximum Gasteiger partial charge on any atom is 0.389 e. The fourth-order valence-corrected chi connectivity index (χ4v) is 2.73. The van der Waals surface area contributed by atoms with Crippen LogP contribution in [0.15, 0.2) is 27.6 Å². The van der Waals surface area contributed by atoms with E-state index in [0.717, 1.165) is 12.1 Å². The largest absolute Gasteiger partial charge is 0.389 e. The molecule has 0 amide bonds. The van der Waals surface area contributed by atoms with E-state index in [4.69, 9.17) is 0 Å². The molecule has 19 heavy (non-hydrogen) atoms. The molecule has 0 spiro atoms. The zero-order valence-electron chi connectivity index (χ0n) is 9.47. The highest BCUT2D eigenvalue weighted by Gasteiger charge is 2.26.